The minimum absolute atomic E-state index is 0.446. The van der Waals surface area contributed by atoms with Gasteiger partial charge in [-0.1, -0.05) is 22.0 Å². The minimum Gasteiger partial charge on any atom is -0.339 e. The van der Waals surface area contributed by atoms with Crippen LogP contribution in [-0.4, -0.2) is 15.2 Å². The van der Waals surface area contributed by atoms with Crippen LogP contribution in [0.15, 0.2) is 53.1 Å². The van der Waals surface area contributed by atoms with Crippen molar-refractivity contribution in [2.24, 2.45) is 0 Å². The standard InChI is InChI=1S/C17H16BrN5/c1-11-7-12(2)9-15(8-11)20-16-10-19-23-17(22-16)21-14-5-3-13(18)4-6-14/h3-10H,1-2H3,(H2,20,21,22,23). The van der Waals surface area contributed by atoms with Crippen molar-refractivity contribution in [2.45, 2.75) is 13.8 Å². The Labute approximate surface area is 143 Å². The average Bonchev–Trinajstić information content (AvgIpc) is 2.49. The number of nitrogens with one attached hydrogen (secondary N) is 2. The lowest BCUT2D eigenvalue weighted by molar-refractivity contribution is 0.982. The molecular weight excluding hydrogens is 354 g/mol. The van der Waals surface area contributed by atoms with E-state index >= 15 is 0 Å². The molecule has 2 aromatic carbocycles. The Hall–Kier alpha value is -2.47. The molecule has 5 nitrogen and oxygen atoms in total. The van der Waals surface area contributed by atoms with Crippen molar-refractivity contribution < 1.29 is 0 Å². The fourth-order valence-corrected chi connectivity index (χ4v) is 2.54. The fourth-order valence-electron chi connectivity index (χ4n) is 2.27. The molecule has 0 unspecified atom stereocenters. The van der Waals surface area contributed by atoms with Crippen LogP contribution in [0.5, 0.6) is 0 Å². The fraction of sp³-hybridized carbons (Fsp3) is 0.118. The highest BCUT2D eigenvalue weighted by Crippen LogP contribution is 2.20. The SMILES string of the molecule is Cc1cc(C)cc(Nc2cnnc(Nc3ccc(Br)cc3)n2)c1. The molecule has 0 aliphatic carbocycles. The summed E-state index contributed by atoms with van der Waals surface area (Å²) in [5, 5.41) is 14.4. The van der Waals surface area contributed by atoms with Crippen molar-refractivity contribution in [1.82, 2.24) is 15.2 Å². The van der Waals surface area contributed by atoms with Crippen LogP contribution in [-0.2, 0) is 0 Å². The van der Waals surface area contributed by atoms with Crippen molar-refractivity contribution in [1.29, 1.82) is 0 Å². The van der Waals surface area contributed by atoms with Gasteiger partial charge in [0.2, 0.25) is 5.95 Å². The maximum absolute atomic E-state index is 4.44. The van der Waals surface area contributed by atoms with Gasteiger partial charge in [-0.05, 0) is 61.4 Å². The van der Waals surface area contributed by atoms with E-state index in [0.29, 0.717) is 11.8 Å². The molecule has 0 fully saturated rings. The zero-order valence-corrected chi connectivity index (χ0v) is 14.4. The number of halogens is 1. The predicted molar refractivity (Wildman–Crippen MR) is 96.5 cm³/mol. The van der Waals surface area contributed by atoms with E-state index in [9.17, 15) is 0 Å². The van der Waals surface area contributed by atoms with Gasteiger partial charge in [-0.25, -0.2) is 0 Å². The lowest BCUT2D eigenvalue weighted by Gasteiger charge is -2.09. The molecule has 3 aromatic rings. The third-order valence-corrected chi connectivity index (χ3v) is 3.68. The van der Waals surface area contributed by atoms with Gasteiger partial charge in [0.05, 0.1) is 6.20 Å². The first kappa shape index (κ1) is 15.4. The molecule has 1 heterocycles. The summed E-state index contributed by atoms with van der Waals surface area (Å²) >= 11 is 3.41. The Balaban J connectivity index is 1.78. The second kappa shape index (κ2) is 6.75. The first-order valence-electron chi connectivity index (χ1n) is 7.16. The maximum atomic E-state index is 4.44. The van der Waals surface area contributed by atoms with E-state index in [1.54, 1.807) is 6.20 Å². The summed E-state index contributed by atoms with van der Waals surface area (Å²) in [7, 11) is 0. The number of hydrogen-bond acceptors (Lipinski definition) is 5. The van der Waals surface area contributed by atoms with Crippen LogP contribution in [0.25, 0.3) is 0 Å². The molecule has 0 atom stereocenters. The Morgan fingerprint density at radius 2 is 1.57 bits per heavy atom. The second-order valence-electron chi connectivity index (χ2n) is 5.30. The van der Waals surface area contributed by atoms with Gasteiger partial charge in [-0.2, -0.15) is 10.1 Å². The summed E-state index contributed by atoms with van der Waals surface area (Å²) in [6.07, 6.45) is 1.60. The highest BCUT2D eigenvalue weighted by Gasteiger charge is 2.03. The van der Waals surface area contributed by atoms with Gasteiger partial charge < -0.3 is 10.6 Å². The second-order valence-corrected chi connectivity index (χ2v) is 6.21. The molecule has 0 aliphatic rings. The van der Waals surface area contributed by atoms with E-state index in [4.69, 9.17) is 0 Å². The van der Waals surface area contributed by atoms with Crippen LogP contribution in [0, 0.1) is 13.8 Å². The Morgan fingerprint density at radius 1 is 0.870 bits per heavy atom. The number of benzene rings is 2. The molecule has 1 aromatic heterocycles. The number of rotatable bonds is 4. The molecule has 116 valence electrons. The van der Waals surface area contributed by atoms with Crippen LogP contribution in [0.4, 0.5) is 23.1 Å². The predicted octanol–water partition coefficient (Wildman–Crippen LogP) is 4.74. The highest BCUT2D eigenvalue weighted by molar-refractivity contribution is 9.10. The van der Waals surface area contributed by atoms with Crippen LogP contribution in [0.3, 0.4) is 0 Å². The van der Waals surface area contributed by atoms with Crippen molar-refractivity contribution in [2.75, 3.05) is 10.6 Å². The summed E-state index contributed by atoms with van der Waals surface area (Å²) in [6, 6.07) is 14.0. The summed E-state index contributed by atoms with van der Waals surface area (Å²) in [5.41, 5.74) is 4.28. The van der Waals surface area contributed by atoms with Gasteiger partial charge in [0.1, 0.15) is 0 Å². The molecule has 6 heteroatoms. The molecule has 0 spiro atoms. The number of aryl methyl sites for hydroxylation is 2. The largest absolute Gasteiger partial charge is 0.339 e. The van der Waals surface area contributed by atoms with E-state index in [1.165, 1.54) is 11.1 Å². The van der Waals surface area contributed by atoms with Crippen molar-refractivity contribution in [3.8, 4) is 0 Å². The van der Waals surface area contributed by atoms with Crippen molar-refractivity contribution in [3.05, 3.63) is 64.3 Å². The van der Waals surface area contributed by atoms with Crippen molar-refractivity contribution >= 4 is 39.1 Å². The Bertz CT molecular complexity index is 797. The number of anilines is 4. The quantitative estimate of drug-likeness (QED) is 0.695. The molecule has 0 bridgehead atoms. The van der Waals surface area contributed by atoms with Crippen LogP contribution < -0.4 is 10.6 Å². The van der Waals surface area contributed by atoms with Gasteiger partial charge >= 0.3 is 0 Å². The van der Waals surface area contributed by atoms with Crippen LogP contribution >= 0.6 is 15.9 Å². The lowest BCUT2D eigenvalue weighted by Crippen LogP contribution is -2.02. The summed E-state index contributed by atoms with van der Waals surface area (Å²) < 4.78 is 1.02. The average molecular weight is 370 g/mol. The third kappa shape index (κ3) is 4.26. The zero-order chi connectivity index (χ0) is 16.2. The molecule has 23 heavy (non-hydrogen) atoms. The first-order valence-corrected chi connectivity index (χ1v) is 7.95. The summed E-state index contributed by atoms with van der Waals surface area (Å²) in [4.78, 5) is 4.44. The van der Waals surface area contributed by atoms with Gasteiger partial charge in [0.25, 0.3) is 0 Å². The van der Waals surface area contributed by atoms with Gasteiger partial charge in [0, 0.05) is 15.8 Å². The maximum Gasteiger partial charge on any atom is 0.249 e. The molecule has 3 rings (SSSR count). The molecule has 0 amide bonds. The zero-order valence-electron chi connectivity index (χ0n) is 12.8. The van der Waals surface area contributed by atoms with E-state index < -0.39 is 0 Å². The normalized spacial score (nSPS) is 10.4. The minimum atomic E-state index is 0.446. The van der Waals surface area contributed by atoms with Crippen LogP contribution in [0.2, 0.25) is 0 Å². The summed E-state index contributed by atoms with van der Waals surface area (Å²) in [5.74, 6) is 1.09. The monoisotopic (exact) mass is 369 g/mol. The van der Waals surface area contributed by atoms with Gasteiger partial charge in [-0.15, -0.1) is 5.10 Å². The highest BCUT2D eigenvalue weighted by atomic mass is 79.9. The third-order valence-electron chi connectivity index (χ3n) is 3.15. The molecule has 0 saturated heterocycles. The van der Waals surface area contributed by atoms with Crippen LogP contribution in [0.1, 0.15) is 11.1 Å². The number of aromatic nitrogens is 3. The molecule has 0 radical (unpaired) electrons. The molecule has 2 N–H and O–H groups in total. The molecular formula is C17H16BrN5. The van der Waals surface area contributed by atoms with E-state index in [0.717, 1.165) is 15.8 Å². The Morgan fingerprint density at radius 3 is 2.26 bits per heavy atom. The van der Waals surface area contributed by atoms with Gasteiger partial charge in [-0.3, -0.25) is 0 Å². The lowest BCUT2D eigenvalue weighted by atomic mass is 10.1. The van der Waals surface area contributed by atoms with E-state index in [1.807, 2.05) is 24.3 Å². The van der Waals surface area contributed by atoms with E-state index in [-0.39, 0.29) is 0 Å². The van der Waals surface area contributed by atoms with Gasteiger partial charge in [0.15, 0.2) is 5.82 Å². The van der Waals surface area contributed by atoms with E-state index in [2.05, 4.69) is 73.8 Å². The summed E-state index contributed by atoms with van der Waals surface area (Å²) in [6.45, 7) is 4.13. The molecule has 0 saturated carbocycles. The van der Waals surface area contributed by atoms with Crippen molar-refractivity contribution in [3.63, 3.8) is 0 Å². The topological polar surface area (TPSA) is 62.7 Å². The number of hydrogen-bond donors (Lipinski definition) is 2. The number of nitrogens with zero attached hydrogens (tertiary/aromatic N) is 3. The molecule has 0 aliphatic heterocycles. The first-order chi connectivity index (χ1) is 11.1. The smallest absolute Gasteiger partial charge is 0.249 e. The Kier molecular flexibility index (Phi) is 4.52.